The molecule has 0 spiro atoms. The summed E-state index contributed by atoms with van der Waals surface area (Å²) in [6.45, 7) is 11.2. The molecule has 2 rings (SSSR count). The summed E-state index contributed by atoms with van der Waals surface area (Å²) >= 11 is 1.98. The van der Waals surface area contributed by atoms with Crippen molar-refractivity contribution < 1.29 is 8.42 Å². The molecule has 0 aliphatic carbocycles. The summed E-state index contributed by atoms with van der Waals surface area (Å²) in [4.78, 5) is 2.35. The van der Waals surface area contributed by atoms with Gasteiger partial charge in [0.05, 0.1) is 6.26 Å². The lowest BCUT2D eigenvalue weighted by atomic mass is 10.1. The number of aromatic nitrogens is 3. The first-order chi connectivity index (χ1) is 12.3. The largest absolute Gasteiger partial charge is 0.337 e. The zero-order valence-corrected chi connectivity index (χ0v) is 18.3. The van der Waals surface area contributed by atoms with E-state index in [2.05, 4.69) is 40.4 Å². The second-order valence-electron chi connectivity index (χ2n) is 7.04. The highest BCUT2D eigenvalue weighted by Gasteiger charge is 2.26. The molecule has 0 N–H and O–H groups in total. The molecule has 0 amide bonds. The van der Waals surface area contributed by atoms with Crippen molar-refractivity contribution in [2.24, 2.45) is 0 Å². The first kappa shape index (κ1) is 21.5. The van der Waals surface area contributed by atoms with Gasteiger partial charge in [-0.15, -0.1) is 10.2 Å². The third-order valence-electron chi connectivity index (χ3n) is 5.05. The van der Waals surface area contributed by atoms with E-state index in [1.165, 1.54) is 10.6 Å². The molecule has 1 saturated heterocycles. The van der Waals surface area contributed by atoms with E-state index in [0.717, 1.165) is 49.2 Å². The lowest BCUT2D eigenvalue weighted by molar-refractivity contribution is 0.408. The molecule has 9 heteroatoms. The van der Waals surface area contributed by atoms with E-state index in [-0.39, 0.29) is 0 Å². The van der Waals surface area contributed by atoms with Crippen LogP contribution in [0.5, 0.6) is 0 Å². The molecule has 0 saturated carbocycles. The Hall–Kier alpha value is -0.800. The summed E-state index contributed by atoms with van der Waals surface area (Å²) in [6, 6.07) is 0.435. The van der Waals surface area contributed by atoms with Gasteiger partial charge in [-0.1, -0.05) is 20.8 Å². The van der Waals surface area contributed by atoms with Crippen LogP contribution in [0.3, 0.4) is 0 Å². The third-order valence-corrected chi connectivity index (χ3v) is 7.62. The molecule has 1 aliphatic rings. The van der Waals surface area contributed by atoms with E-state index >= 15 is 0 Å². The Balaban J connectivity index is 2.19. The quantitative estimate of drug-likeness (QED) is 0.630. The number of rotatable bonds is 9. The third kappa shape index (κ3) is 5.13. The van der Waals surface area contributed by atoms with Gasteiger partial charge in [-0.25, -0.2) is 12.7 Å². The van der Waals surface area contributed by atoms with Crippen LogP contribution in [-0.2, 0) is 16.6 Å². The summed E-state index contributed by atoms with van der Waals surface area (Å²) in [5.41, 5.74) is 0. The van der Waals surface area contributed by atoms with Gasteiger partial charge < -0.3 is 4.90 Å². The Morgan fingerprint density at radius 2 is 2.08 bits per heavy atom. The van der Waals surface area contributed by atoms with Crippen molar-refractivity contribution in [3.63, 3.8) is 0 Å². The predicted octanol–water partition coefficient (Wildman–Crippen LogP) is 2.40. The Bertz CT molecular complexity index is 677. The molecule has 1 aromatic heterocycles. The summed E-state index contributed by atoms with van der Waals surface area (Å²) in [6.07, 6.45) is 3.04. The summed E-state index contributed by atoms with van der Waals surface area (Å²) < 4.78 is 27.4. The van der Waals surface area contributed by atoms with E-state index in [4.69, 9.17) is 0 Å². The van der Waals surface area contributed by atoms with Gasteiger partial charge in [0.25, 0.3) is 0 Å². The fourth-order valence-corrected chi connectivity index (χ4v) is 5.21. The van der Waals surface area contributed by atoms with Crippen molar-refractivity contribution in [1.82, 2.24) is 19.1 Å². The maximum absolute atomic E-state index is 11.8. The van der Waals surface area contributed by atoms with Crippen LogP contribution in [0.1, 0.15) is 52.3 Å². The van der Waals surface area contributed by atoms with Crippen LogP contribution < -0.4 is 4.90 Å². The highest BCUT2D eigenvalue weighted by atomic mass is 32.2. The minimum absolute atomic E-state index is 0.336. The minimum Gasteiger partial charge on any atom is -0.337 e. The number of nitrogens with zero attached hydrogens (tertiary/aromatic N) is 5. The van der Waals surface area contributed by atoms with E-state index < -0.39 is 10.0 Å². The molecular formula is C17H33N5O2S2. The first-order valence-corrected chi connectivity index (χ1v) is 12.5. The van der Waals surface area contributed by atoms with Crippen molar-refractivity contribution in [2.75, 3.05) is 42.3 Å². The van der Waals surface area contributed by atoms with E-state index in [0.29, 0.717) is 25.0 Å². The van der Waals surface area contributed by atoms with E-state index in [1.807, 2.05) is 18.7 Å². The van der Waals surface area contributed by atoms with Crippen LogP contribution in [-0.4, -0.2) is 70.9 Å². The molecule has 7 nitrogen and oxygen atoms in total. The Labute approximate surface area is 162 Å². The second-order valence-corrected chi connectivity index (χ2v) is 10.2. The molecule has 2 atom stereocenters. The van der Waals surface area contributed by atoms with Crippen LogP contribution in [0.4, 0.5) is 5.95 Å². The molecule has 1 aromatic rings. The van der Waals surface area contributed by atoms with E-state index in [9.17, 15) is 8.42 Å². The van der Waals surface area contributed by atoms with Gasteiger partial charge in [0, 0.05) is 49.6 Å². The zero-order valence-electron chi connectivity index (χ0n) is 16.7. The fourth-order valence-electron chi connectivity index (χ4n) is 3.27. The second kappa shape index (κ2) is 9.41. The summed E-state index contributed by atoms with van der Waals surface area (Å²) in [7, 11) is -3.15. The maximum atomic E-state index is 11.8. The highest BCUT2D eigenvalue weighted by Crippen LogP contribution is 2.27. The van der Waals surface area contributed by atoms with Crippen LogP contribution >= 0.6 is 11.8 Å². The van der Waals surface area contributed by atoms with Gasteiger partial charge >= 0.3 is 0 Å². The zero-order chi connectivity index (χ0) is 19.3. The Morgan fingerprint density at radius 1 is 1.35 bits per heavy atom. The molecule has 1 fully saturated rings. The first-order valence-electron chi connectivity index (χ1n) is 9.52. The number of anilines is 1. The van der Waals surface area contributed by atoms with Gasteiger partial charge in [-0.2, -0.15) is 11.8 Å². The molecule has 150 valence electrons. The normalized spacial score (nSPS) is 19.9. The molecule has 0 aromatic carbocycles. The highest BCUT2D eigenvalue weighted by molar-refractivity contribution is 7.99. The molecule has 2 unspecified atom stereocenters. The summed E-state index contributed by atoms with van der Waals surface area (Å²) in [5.74, 6) is 4.49. The topological polar surface area (TPSA) is 71.3 Å². The Morgan fingerprint density at radius 3 is 2.65 bits per heavy atom. The molecule has 0 bridgehead atoms. The minimum atomic E-state index is -3.15. The predicted molar refractivity (Wildman–Crippen MR) is 110 cm³/mol. The lowest BCUT2D eigenvalue weighted by Crippen LogP contribution is -2.42. The average Bonchev–Trinajstić information content (AvgIpc) is 3.01. The number of hydrogen-bond acceptors (Lipinski definition) is 6. The molecule has 1 aliphatic heterocycles. The fraction of sp³-hybridized carbons (Fsp3) is 0.882. The van der Waals surface area contributed by atoms with Gasteiger partial charge in [0.1, 0.15) is 5.82 Å². The monoisotopic (exact) mass is 403 g/mol. The molecule has 26 heavy (non-hydrogen) atoms. The number of sulfonamides is 1. The van der Waals surface area contributed by atoms with Crippen molar-refractivity contribution >= 4 is 27.7 Å². The smallest absolute Gasteiger partial charge is 0.227 e. The summed E-state index contributed by atoms with van der Waals surface area (Å²) in [5, 5.41) is 9.02. The molecule has 0 radical (unpaired) electrons. The lowest BCUT2D eigenvalue weighted by Gasteiger charge is -2.34. The van der Waals surface area contributed by atoms with Crippen molar-refractivity contribution in [2.45, 2.75) is 59.0 Å². The van der Waals surface area contributed by atoms with Crippen LogP contribution in [0.25, 0.3) is 0 Å². The van der Waals surface area contributed by atoms with Crippen molar-refractivity contribution in [3.8, 4) is 0 Å². The van der Waals surface area contributed by atoms with Crippen LogP contribution in [0.15, 0.2) is 0 Å². The molecular weight excluding hydrogens is 370 g/mol. The van der Waals surface area contributed by atoms with Gasteiger partial charge in [-0.3, -0.25) is 4.57 Å². The van der Waals surface area contributed by atoms with Crippen molar-refractivity contribution in [3.05, 3.63) is 5.82 Å². The molecule has 2 heterocycles. The average molecular weight is 404 g/mol. The standard InChI is InChI=1S/C17H33N5O2S2/c1-6-14(3)16-18-19-17(21-11-12-25-13-15(21)4)22(16)10-8-9-20(7-2)26(5,23)24/h14-15H,6-13H2,1-5H3. The maximum Gasteiger partial charge on any atom is 0.227 e. The van der Waals surface area contributed by atoms with Gasteiger partial charge in [0.15, 0.2) is 0 Å². The number of thioether (sulfide) groups is 1. The van der Waals surface area contributed by atoms with Gasteiger partial charge in [0.2, 0.25) is 16.0 Å². The van der Waals surface area contributed by atoms with Crippen LogP contribution in [0.2, 0.25) is 0 Å². The number of hydrogen-bond donors (Lipinski definition) is 0. The van der Waals surface area contributed by atoms with Crippen LogP contribution in [0, 0.1) is 0 Å². The Kier molecular flexibility index (Phi) is 7.78. The van der Waals surface area contributed by atoms with Crippen molar-refractivity contribution in [1.29, 1.82) is 0 Å². The van der Waals surface area contributed by atoms with E-state index in [1.54, 1.807) is 0 Å². The van der Waals surface area contributed by atoms with Gasteiger partial charge in [-0.05, 0) is 19.8 Å². The SMILES string of the molecule is CCC(C)c1nnc(N2CCSCC2C)n1CCCN(CC)S(C)(=O)=O.